The van der Waals surface area contributed by atoms with Crippen molar-refractivity contribution in [1.29, 1.82) is 0 Å². The number of nitrogens with one attached hydrogen (secondary N) is 3. The van der Waals surface area contributed by atoms with E-state index < -0.39 is 11.5 Å². The molecule has 10 heteroatoms. The number of aromatic nitrogens is 1. The summed E-state index contributed by atoms with van der Waals surface area (Å²) in [5, 5.41) is 18.6. The monoisotopic (exact) mass is 551 g/mol. The van der Waals surface area contributed by atoms with Gasteiger partial charge < -0.3 is 35.4 Å². The fourth-order valence-corrected chi connectivity index (χ4v) is 4.09. The van der Waals surface area contributed by atoms with Gasteiger partial charge in [0, 0.05) is 31.2 Å². The number of anilines is 1. The molecule has 2 amide bonds. The van der Waals surface area contributed by atoms with Crippen LogP contribution in [-0.2, 0) is 25.7 Å². The average molecular weight is 552 g/mol. The van der Waals surface area contributed by atoms with Gasteiger partial charge in [-0.15, -0.1) is 0 Å². The number of ether oxygens (including phenoxy) is 2. The molecule has 216 valence electrons. The Labute approximate surface area is 236 Å². The van der Waals surface area contributed by atoms with Crippen molar-refractivity contribution in [1.82, 2.24) is 20.5 Å². The van der Waals surface area contributed by atoms with Crippen LogP contribution in [0.1, 0.15) is 32.8 Å². The highest BCUT2D eigenvalue weighted by Crippen LogP contribution is 2.26. The molecule has 1 aliphatic heterocycles. The van der Waals surface area contributed by atoms with E-state index in [2.05, 4.69) is 39.0 Å². The minimum absolute atomic E-state index is 0.00308. The normalized spacial score (nSPS) is 17.5. The Morgan fingerprint density at radius 3 is 2.52 bits per heavy atom. The molecule has 0 spiro atoms. The molecular formula is C30H41N5O5. The fraction of sp³-hybridized carbons (Fsp3) is 0.433. The van der Waals surface area contributed by atoms with Gasteiger partial charge in [0.25, 0.3) is 0 Å². The molecule has 1 saturated heterocycles. The van der Waals surface area contributed by atoms with Crippen LogP contribution in [0.15, 0.2) is 79.5 Å². The third-order valence-corrected chi connectivity index (χ3v) is 6.47. The second kappa shape index (κ2) is 14.4. The van der Waals surface area contributed by atoms with Crippen molar-refractivity contribution in [3.8, 4) is 0 Å². The maximum atomic E-state index is 12.5. The van der Waals surface area contributed by atoms with Crippen LogP contribution in [0.25, 0.3) is 0 Å². The topological polar surface area (TPSA) is 125 Å². The summed E-state index contributed by atoms with van der Waals surface area (Å²) >= 11 is 0. The zero-order valence-corrected chi connectivity index (χ0v) is 23.6. The van der Waals surface area contributed by atoms with Crippen molar-refractivity contribution in [3.63, 3.8) is 0 Å². The number of nitrogens with zero attached hydrogens (tertiary/aromatic N) is 2. The Morgan fingerprint density at radius 2 is 1.88 bits per heavy atom. The number of hydrogen-bond acceptors (Lipinski definition) is 8. The quantitative estimate of drug-likeness (QED) is 0.264. The molecule has 40 heavy (non-hydrogen) atoms. The number of aliphatic hydroxyl groups is 1. The molecule has 1 aromatic heterocycles. The molecule has 10 nitrogen and oxygen atoms in total. The molecule has 2 heterocycles. The third-order valence-electron chi connectivity index (χ3n) is 6.47. The molecule has 3 atom stereocenters. The Balaban J connectivity index is 1.53. The van der Waals surface area contributed by atoms with Crippen LogP contribution in [0.2, 0.25) is 0 Å². The highest BCUT2D eigenvalue weighted by Gasteiger charge is 2.34. The first-order chi connectivity index (χ1) is 19.0. The Morgan fingerprint density at radius 1 is 1.15 bits per heavy atom. The Hall–Kier alpha value is -4.05. The first-order valence-corrected chi connectivity index (χ1v) is 13.4. The van der Waals surface area contributed by atoms with Crippen LogP contribution in [0.4, 0.5) is 5.82 Å². The summed E-state index contributed by atoms with van der Waals surface area (Å²) in [6.07, 6.45) is 2.15. The van der Waals surface area contributed by atoms with Gasteiger partial charge >= 0.3 is 0 Å². The summed E-state index contributed by atoms with van der Waals surface area (Å²) in [5.74, 6) is 0.440. The van der Waals surface area contributed by atoms with E-state index >= 15 is 0 Å². The van der Waals surface area contributed by atoms with Gasteiger partial charge in [-0.25, -0.2) is 4.98 Å². The van der Waals surface area contributed by atoms with E-state index in [9.17, 15) is 14.7 Å². The standard InChI is InChI=1S/C30H41N5O5/c1-21(36)26(34-29(38)30(3,4)5)17-33-28(37)20-40-25-15-24(16-32-27-13-9-10-14-31-27)35(18-25)22(2)39-19-23-11-7-6-8-12-23/h6-14,24-26,36H,1-2,15-20H2,3-5H3,(H,31,32)(H,33,37)(H,34,38)/t24-,25+,26-/m0/s1. The number of likely N-dealkylation sites (tertiary alicyclic amines) is 1. The summed E-state index contributed by atoms with van der Waals surface area (Å²) in [6, 6.07) is 14.7. The smallest absolute Gasteiger partial charge is 0.246 e. The molecule has 0 bridgehead atoms. The highest BCUT2D eigenvalue weighted by molar-refractivity contribution is 5.82. The summed E-state index contributed by atoms with van der Waals surface area (Å²) in [6.45, 7) is 14.3. The lowest BCUT2D eigenvalue weighted by Gasteiger charge is -2.28. The van der Waals surface area contributed by atoms with E-state index in [1.807, 2.05) is 48.5 Å². The SMILES string of the molecule is C=C(O)[C@H](CNC(=O)CO[C@@H]1C[C@@H](CNc2ccccn2)N(C(=C)OCc2ccccc2)C1)NC(=O)C(C)(C)C. The van der Waals surface area contributed by atoms with E-state index in [0.717, 1.165) is 11.4 Å². The van der Waals surface area contributed by atoms with E-state index in [-0.39, 0.29) is 42.9 Å². The lowest BCUT2D eigenvalue weighted by molar-refractivity contribution is -0.130. The first-order valence-electron chi connectivity index (χ1n) is 13.4. The molecule has 1 fully saturated rings. The van der Waals surface area contributed by atoms with Crippen molar-refractivity contribution in [2.45, 2.75) is 52.0 Å². The second-order valence-electron chi connectivity index (χ2n) is 10.8. The number of aliphatic hydroxyl groups excluding tert-OH is 1. The number of rotatable bonds is 14. The summed E-state index contributed by atoms with van der Waals surface area (Å²) in [4.78, 5) is 31.2. The lowest BCUT2D eigenvalue weighted by Crippen LogP contribution is -2.48. The van der Waals surface area contributed by atoms with Crippen LogP contribution in [0.5, 0.6) is 0 Å². The zero-order valence-electron chi connectivity index (χ0n) is 23.6. The summed E-state index contributed by atoms with van der Waals surface area (Å²) in [7, 11) is 0. The van der Waals surface area contributed by atoms with Crippen molar-refractivity contribution in [2.24, 2.45) is 5.41 Å². The molecule has 0 radical (unpaired) electrons. The molecule has 0 unspecified atom stereocenters. The van der Waals surface area contributed by atoms with Gasteiger partial charge in [-0.3, -0.25) is 9.59 Å². The molecule has 1 aliphatic rings. The lowest BCUT2D eigenvalue weighted by atomic mass is 9.95. The first kappa shape index (κ1) is 30.5. The van der Waals surface area contributed by atoms with Gasteiger partial charge in [0.1, 0.15) is 30.8 Å². The van der Waals surface area contributed by atoms with Gasteiger partial charge in [0.15, 0.2) is 5.88 Å². The van der Waals surface area contributed by atoms with Crippen LogP contribution in [0.3, 0.4) is 0 Å². The van der Waals surface area contributed by atoms with Crippen molar-refractivity contribution >= 4 is 17.6 Å². The molecule has 2 aromatic rings. The molecule has 3 rings (SSSR count). The Kier molecular flexibility index (Phi) is 11.0. The van der Waals surface area contributed by atoms with Crippen LogP contribution >= 0.6 is 0 Å². The van der Waals surface area contributed by atoms with Gasteiger partial charge in [-0.05, 0) is 30.7 Å². The van der Waals surface area contributed by atoms with Gasteiger partial charge in [0.05, 0.1) is 12.1 Å². The van der Waals surface area contributed by atoms with E-state index in [1.165, 1.54) is 0 Å². The minimum atomic E-state index is -0.801. The number of carbonyl (C=O) groups is 2. The predicted molar refractivity (Wildman–Crippen MR) is 154 cm³/mol. The summed E-state index contributed by atoms with van der Waals surface area (Å²) < 4.78 is 12.0. The number of benzene rings is 1. The van der Waals surface area contributed by atoms with Gasteiger partial charge in [0.2, 0.25) is 11.8 Å². The second-order valence-corrected chi connectivity index (χ2v) is 10.8. The van der Waals surface area contributed by atoms with Crippen LogP contribution in [0, 0.1) is 5.41 Å². The summed E-state index contributed by atoms with van der Waals surface area (Å²) in [5.41, 5.74) is 0.393. The number of amides is 2. The van der Waals surface area contributed by atoms with E-state index in [1.54, 1.807) is 27.0 Å². The number of pyridine rings is 1. The molecule has 4 N–H and O–H groups in total. The largest absolute Gasteiger partial charge is 0.511 e. The zero-order chi connectivity index (χ0) is 29.1. The molecular weight excluding hydrogens is 510 g/mol. The van der Waals surface area contributed by atoms with Gasteiger partial charge in [-0.2, -0.15) is 0 Å². The maximum Gasteiger partial charge on any atom is 0.246 e. The predicted octanol–water partition coefficient (Wildman–Crippen LogP) is 3.36. The van der Waals surface area contributed by atoms with E-state index in [0.29, 0.717) is 32.0 Å². The molecule has 0 aliphatic carbocycles. The van der Waals surface area contributed by atoms with E-state index in [4.69, 9.17) is 9.47 Å². The fourth-order valence-electron chi connectivity index (χ4n) is 4.09. The average Bonchev–Trinajstić information content (AvgIpc) is 3.35. The Bertz CT molecular complexity index is 1140. The maximum absolute atomic E-state index is 12.5. The number of carbonyl (C=O) groups excluding carboxylic acids is 2. The van der Waals surface area contributed by atoms with Crippen molar-refractivity contribution in [2.75, 3.05) is 31.6 Å². The highest BCUT2D eigenvalue weighted by atomic mass is 16.5. The van der Waals surface area contributed by atoms with Crippen molar-refractivity contribution in [3.05, 3.63) is 85.1 Å². The van der Waals surface area contributed by atoms with Crippen molar-refractivity contribution < 1.29 is 24.2 Å². The third kappa shape index (κ3) is 9.60. The van der Waals surface area contributed by atoms with Crippen LogP contribution in [-0.4, -0.2) is 71.2 Å². The van der Waals surface area contributed by atoms with Gasteiger partial charge in [-0.1, -0.05) is 63.7 Å². The molecule has 1 aromatic carbocycles. The minimum Gasteiger partial charge on any atom is -0.511 e. The molecule has 0 saturated carbocycles. The number of hydrogen-bond donors (Lipinski definition) is 4. The van der Waals surface area contributed by atoms with Crippen LogP contribution < -0.4 is 16.0 Å².